The molecular weight excluding hydrogens is 645 g/mol. The second-order valence-corrected chi connectivity index (χ2v) is 15.3. The third-order valence-electron chi connectivity index (χ3n) is 12.1. The number of unbranched alkanes of at least 4 members (excludes halogenated alkanes) is 4. The van der Waals surface area contributed by atoms with Crippen molar-refractivity contribution in [2.45, 2.75) is 119 Å². The molecule has 2 aliphatic heterocycles. The van der Waals surface area contributed by atoms with Crippen molar-refractivity contribution in [3.05, 3.63) is 79.9 Å². The fraction of sp³-hybridized carbons (Fsp3) is 0.435. The van der Waals surface area contributed by atoms with Gasteiger partial charge in [-0.25, -0.2) is 0 Å². The molecule has 0 fully saturated rings. The average Bonchev–Trinajstić information content (AvgIpc) is 3.51. The number of rotatable bonds is 12. The van der Waals surface area contributed by atoms with Crippen LogP contribution in [0.5, 0.6) is 0 Å². The highest BCUT2D eigenvalue weighted by Crippen LogP contribution is 2.45. The summed E-state index contributed by atoms with van der Waals surface area (Å²) in [6.07, 6.45) is 10.7. The highest BCUT2D eigenvalue weighted by atomic mass is 16.2. The Kier molecular flexibility index (Phi) is 9.48. The molecule has 5 aromatic rings. The number of hydrogen-bond acceptors (Lipinski definition) is 4. The van der Waals surface area contributed by atoms with Crippen LogP contribution in [0.15, 0.2) is 24.3 Å². The van der Waals surface area contributed by atoms with Gasteiger partial charge in [0.05, 0.1) is 22.3 Å². The van der Waals surface area contributed by atoms with E-state index in [4.69, 9.17) is 0 Å². The largest absolute Gasteiger partial charge is 0.277 e. The zero-order chi connectivity index (χ0) is 37.2. The van der Waals surface area contributed by atoms with Crippen molar-refractivity contribution in [2.75, 3.05) is 14.1 Å². The van der Waals surface area contributed by atoms with Gasteiger partial charge in [-0.3, -0.25) is 29.0 Å². The molecule has 5 aromatic carbocycles. The number of benzene rings is 5. The van der Waals surface area contributed by atoms with Crippen LogP contribution < -0.4 is 0 Å². The number of fused-ring (bicyclic) bond motifs is 6. The minimum atomic E-state index is -0.187. The molecule has 0 bridgehead atoms. The summed E-state index contributed by atoms with van der Waals surface area (Å²) in [6.45, 7) is 13.0. The molecule has 0 saturated carbocycles. The van der Waals surface area contributed by atoms with Crippen molar-refractivity contribution in [3.8, 4) is 0 Å². The van der Waals surface area contributed by atoms with E-state index in [1.165, 1.54) is 9.80 Å². The first-order valence-electron chi connectivity index (χ1n) is 19.7. The van der Waals surface area contributed by atoms with Crippen LogP contribution in [0.2, 0.25) is 0 Å². The summed E-state index contributed by atoms with van der Waals surface area (Å²) in [5, 5.41) is 8.93. The van der Waals surface area contributed by atoms with Gasteiger partial charge in [0.1, 0.15) is 0 Å². The van der Waals surface area contributed by atoms with Crippen molar-refractivity contribution in [1.82, 2.24) is 9.80 Å². The SMILES string of the molecule is CCCCc1c2c(c(CCCC)c3cc4c(C)c5cc6c(CCCC)c7c(c(CCCC)c6cc5c(C)c4cc13)C(=O)N(C)C7=O)C(=O)N(C)C2=O. The smallest absolute Gasteiger partial charge is 0.261 e. The Bertz CT molecular complexity index is 2060. The van der Waals surface area contributed by atoms with Gasteiger partial charge < -0.3 is 0 Å². The van der Waals surface area contributed by atoms with Crippen molar-refractivity contribution < 1.29 is 19.2 Å². The third kappa shape index (κ3) is 5.19. The number of hydrogen-bond donors (Lipinski definition) is 0. The van der Waals surface area contributed by atoms with Gasteiger partial charge in [-0.1, -0.05) is 53.4 Å². The molecule has 6 nitrogen and oxygen atoms in total. The van der Waals surface area contributed by atoms with Crippen LogP contribution >= 0.6 is 0 Å². The maximum absolute atomic E-state index is 13.7. The highest BCUT2D eigenvalue weighted by molar-refractivity contribution is 6.27. The van der Waals surface area contributed by atoms with Crippen LogP contribution in [0.4, 0.5) is 0 Å². The molecule has 0 atom stereocenters. The van der Waals surface area contributed by atoms with Gasteiger partial charge in [0, 0.05) is 14.1 Å². The number of amides is 4. The Morgan fingerprint density at radius 2 is 0.596 bits per heavy atom. The second kappa shape index (κ2) is 13.8. The Morgan fingerprint density at radius 3 is 0.788 bits per heavy atom. The standard InChI is InChI=1S/C46H52N2O4/c1-9-13-17-27-35-21-31-25(5)33-23-37-29(19-15-11-3)41-42(46(52)48(8)45(41)51)30(20-16-12-4)38(37)24-34(33)26(6)32(31)22-36(35)28(18-14-10-2)40-39(27)43(49)47(7)44(40)50/h21-24H,9-20H2,1-8H3. The zero-order valence-corrected chi connectivity index (χ0v) is 32.3. The fourth-order valence-corrected chi connectivity index (χ4v) is 9.12. The van der Waals surface area contributed by atoms with Crippen molar-refractivity contribution in [3.63, 3.8) is 0 Å². The van der Waals surface area contributed by atoms with Crippen LogP contribution in [0, 0.1) is 13.8 Å². The Labute approximate surface area is 307 Å². The number of carbonyl (C=O) groups is 4. The maximum atomic E-state index is 13.7. The van der Waals surface area contributed by atoms with Gasteiger partial charge >= 0.3 is 0 Å². The highest BCUT2D eigenvalue weighted by Gasteiger charge is 2.40. The van der Waals surface area contributed by atoms with E-state index in [0.29, 0.717) is 22.3 Å². The van der Waals surface area contributed by atoms with Crippen LogP contribution in [0.1, 0.15) is 154 Å². The molecule has 2 aliphatic rings. The van der Waals surface area contributed by atoms with E-state index < -0.39 is 0 Å². The first kappa shape index (κ1) is 35.8. The maximum Gasteiger partial charge on any atom is 0.261 e. The molecule has 4 amide bonds. The number of imide groups is 2. The molecule has 7 rings (SSSR count). The molecule has 270 valence electrons. The molecule has 0 unspecified atom stereocenters. The van der Waals surface area contributed by atoms with Crippen molar-refractivity contribution in [2.24, 2.45) is 0 Å². The molecule has 0 saturated heterocycles. The summed E-state index contributed by atoms with van der Waals surface area (Å²) < 4.78 is 0. The second-order valence-electron chi connectivity index (χ2n) is 15.3. The number of aryl methyl sites for hydroxylation is 6. The normalized spacial score (nSPS) is 14.4. The van der Waals surface area contributed by atoms with Crippen LogP contribution in [-0.2, 0) is 25.7 Å². The van der Waals surface area contributed by atoms with Gasteiger partial charge in [0.2, 0.25) is 0 Å². The first-order valence-corrected chi connectivity index (χ1v) is 19.7. The minimum absolute atomic E-state index is 0.187. The molecule has 2 heterocycles. The van der Waals surface area contributed by atoms with Gasteiger partial charge in [0.15, 0.2) is 0 Å². The van der Waals surface area contributed by atoms with Crippen LogP contribution in [-0.4, -0.2) is 47.5 Å². The molecule has 0 N–H and O–H groups in total. The van der Waals surface area contributed by atoms with Gasteiger partial charge in [0.25, 0.3) is 23.6 Å². The quantitative estimate of drug-likeness (QED) is 0.0961. The third-order valence-corrected chi connectivity index (χ3v) is 12.1. The molecule has 0 radical (unpaired) electrons. The van der Waals surface area contributed by atoms with E-state index in [2.05, 4.69) is 65.8 Å². The fourth-order valence-electron chi connectivity index (χ4n) is 9.12. The van der Waals surface area contributed by atoms with Gasteiger partial charge in [-0.15, -0.1) is 0 Å². The van der Waals surface area contributed by atoms with E-state index in [1.807, 2.05) is 0 Å². The summed E-state index contributed by atoms with van der Waals surface area (Å²) in [5.41, 5.74) is 8.75. The summed E-state index contributed by atoms with van der Waals surface area (Å²) in [7, 11) is 3.23. The monoisotopic (exact) mass is 696 g/mol. The molecule has 6 heteroatoms. The lowest BCUT2D eigenvalue weighted by atomic mass is 9.81. The van der Waals surface area contributed by atoms with E-state index in [9.17, 15) is 19.2 Å². The lowest BCUT2D eigenvalue weighted by Gasteiger charge is -2.21. The Morgan fingerprint density at radius 1 is 0.385 bits per heavy atom. The number of nitrogens with zero attached hydrogens (tertiary/aromatic N) is 2. The van der Waals surface area contributed by atoms with Gasteiger partial charge in [-0.05, 0) is 166 Å². The van der Waals surface area contributed by atoms with Crippen LogP contribution in [0.25, 0.3) is 43.1 Å². The lowest BCUT2D eigenvalue weighted by Crippen LogP contribution is -2.24. The predicted octanol–water partition coefficient (Wildman–Crippen LogP) is 10.7. The molecule has 0 aliphatic carbocycles. The van der Waals surface area contributed by atoms with Crippen molar-refractivity contribution >= 4 is 66.7 Å². The molecule has 0 spiro atoms. The van der Waals surface area contributed by atoms with E-state index in [-0.39, 0.29) is 23.6 Å². The van der Waals surface area contributed by atoms with E-state index >= 15 is 0 Å². The minimum Gasteiger partial charge on any atom is -0.277 e. The lowest BCUT2D eigenvalue weighted by molar-refractivity contribution is 0.0677. The van der Waals surface area contributed by atoms with E-state index in [0.717, 1.165) is 154 Å². The number of carbonyl (C=O) groups excluding carboxylic acids is 4. The zero-order valence-electron chi connectivity index (χ0n) is 32.3. The summed E-state index contributed by atoms with van der Waals surface area (Å²) in [6, 6.07) is 9.21. The first-order chi connectivity index (χ1) is 25.0. The molecule has 0 aromatic heterocycles. The molecule has 52 heavy (non-hydrogen) atoms. The topological polar surface area (TPSA) is 74.8 Å². The predicted molar refractivity (Wildman–Crippen MR) is 213 cm³/mol. The Balaban J connectivity index is 1.63. The molecular formula is C46H52N2O4. The average molecular weight is 697 g/mol. The Hall–Kier alpha value is -4.58. The van der Waals surface area contributed by atoms with E-state index in [1.54, 1.807) is 14.1 Å². The van der Waals surface area contributed by atoms with Crippen molar-refractivity contribution in [1.29, 1.82) is 0 Å². The summed E-state index contributed by atoms with van der Waals surface area (Å²) >= 11 is 0. The summed E-state index contributed by atoms with van der Waals surface area (Å²) in [5.74, 6) is -0.747. The summed E-state index contributed by atoms with van der Waals surface area (Å²) in [4.78, 5) is 57.6. The van der Waals surface area contributed by atoms with Crippen LogP contribution in [0.3, 0.4) is 0 Å². The van der Waals surface area contributed by atoms with Gasteiger partial charge in [-0.2, -0.15) is 0 Å².